The van der Waals surface area contributed by atoms with Crippen LogP contribution in [0.5, 0.6) is 5.75 Å². The van der Waals surface area contributed by atoms with Crippen molar-refractivity contribution >= 4 is 0 Å². The van der Waals surface area contributed by atoms with E-state index in [2.05, 4.69) is 24.4 Å². The maximum absolute atomic E-state index is 5.36. The Bertz CT molecular complexity index is 351. The van der Waals surface area contributed by atoms with Crippen LogP contribution in [-0.4, -0.2) is 13.2 Å². The van der Waals surface area contributed by atoms with E-state index in [4.69, 9.17) is 4.74 Å². The fourth-order valence-electron chi connectivity index (χ4n) is 2.73. The molecule has 2 heteroatoms. The van der Waals surface area contributed by atoms with Gasteiger partial charge >= 0.3 is 0 Å². The molecule has 0 spiro atoms. The van der Waals surface area contributed by atoms with Gasteiger partial charge in [-0.1, -0.05) is 31.5 Å². The van der Waals surface area contributed by atoms with Gasteiger partial charge in [-0.3, -0.25) is 0 Å². The first kappa shape index (κ1) is 12.4. The highest BCUT2D eigenvalue weighted by Gasteiger charge is 2.22. The van der Waals surface area contributed by atoms with E-state index in [-0.39, 0.29) is 0 Å². The Morgan fingerprint density at radius 3 is 2.82 bits per heavy atom. The van der Waals surface area contributed by atoms with Crippen LogP contribution in [0.25, 0.3) is 0 Å². The smallest absolute Gasteiger partial charge is 0.123 e. The van der Waals surface area contributed by atoms with Gasteiger partial charge in [0, 0.05) is 18.2 Å². The second kappa shape index (κ2) is 6.06. The highest BCUT2D eigenvalue weighted by Crippen LogP contribution is 2.28. The van der Waals surface area contributed by atoms with Crippen LogP contribution in [0.1, 0.15) is 38.2 Å². The van der Waals surface area contributed by atoms with Gasteiger partial charge in [0.15, 0.2) is 0 Å². The molecule has 2 nitrogen and oxygen atoms in total. The monoisotopic (exact) mass is 233 g/mol. The fourth-order valence-corrected chi connectivity index (χ4v) is 2.73. The van der Waals surface area contributed by atoms with Crippen LogP contribution in [0, 0.1) is 5.92 Å². The van der Waals surface area contributed by atoms with Gasteiger partial charge in [0.25, 0.3) is 0 Å². The Labute approximate surface area is 104 Å². The number of methoxy groups -OCH3 is 1. The lowest BCUT2D eigenvalue weighted by Crippen LogP contribution is -2.26. The van der Waals surface area contributed by atoms with Gasteiger partial charge in [-0.2, -0.15) is 0 Å². The van der Waals surface area contributed by atoms with Gasteiger partial charge in [0.2, 0.25) is 0 Å². The second-order valence-corrected chi connectivity index (χ2v) is 4.98. The molecule has 0 aliphatic heterocycles. The maximum atomic E-state index is 5.36. The highest BCUT2D eigenvalue weighted by atomic mass is 16.5. The van der Waals surface area contributed by atoms with Gasteiger partial charge in [-0.25, -0.2) is 0 Å². The molecule has 1 saturated carbocycles. The summed E-state index contributed by atoms with van der Waals surface area (Å²) in [5, 5.41) is 3.66. The standard InChI is InChI=1S/C15H23NO/c1-3-12-8-9-14(10-12)16-11-13-6-4-5-7-15(13)17-2/h4-7,12,14,16H,3,8-11H2,1-2H3. The van der Waals surface area contributed by atoms with Crippen LogP contribution in [0.2, 0.25) is 0 Å². The zero-order valence-corrected chi connectivity index (χ0v) is 10.9. The molecule has 0 aromatic heterocycles. The van der Waals surface area contributed by atoms with Crippen LogP contribution in [0.3, 0.4) is 0 Å². The van der Waals surface area contributed by atoms with Crippen LogP contribution >= 0.6 is 0 Å². The zero-order chi connectivity index (χ0) is 12.1. The Hall–Kier alpha value is -1.02. The molecule has 0 bridgehead atoms. The minimum Gasteiger partial charge on any atom is -0.496 e. The van der Waals surface area contributed by atoms with Crippen LogP contribution < -0.4 is 10.1 Å². The van der Waals surface area contributed by atoms with Crippen molar-refractivity contribution in [2.45, 2.75) is 45.2 Å². The number of benzene rings is 1. The molecular formula is C15H23NO. The van der Waals surface area contributed by atoms with Crippen molar-refractivity contribution in [1.29, 1.82) is 0 Å². The molecule has 1 aromatic rings. The van der Waals surface area contributed by atoms with Crippen molar-refractivity contribution in [2.75, 3.05) is 7.11 Å². The highest BCUT2D eigenvalue weighted by molar-refractivity contribution is 5.33. The molecule has 0 heterocycles. The third kappa shape index (κ3) is 3.22. The van der Waals surface area contributed by atoms with Crippen molar-refractivity contribution in [3.63, 3.8) is 0 Å². The lowest BCUT2D eigenvalue weighted by atomic mass is 10.1. The fraction of sp³-hybridized carbons (Fsp3) is 0.600. The summed E-state index contributed by atoms with van der Waals surface area (Å²) in [6.45, 7) is 3.22. The summed E-state index contributed by atoms with van der Waals surface area (Å²) < 4.78 is 5.36. The predicted octanol–water partition coefficient (Wildman–Crippen LogP) is 3.36. The van der Waals surface area contributed by atoms with Crippen molar-refractivity contribution in [2.24, 2.45) is 5.92 Å². The van der Waals surface area contributed by atoms with E-state index in [0.717, 1.165) is 18.2 Å². The first-order valence-corrected chi connectivity index (χ1v) is 6.68. The number of ether oxygens (including phenoxy) is 1. The van der Waals surface area contributed by atoms with Crippen molar-refractivity contribution < 1.29 is 4.74 Å². The van der Waals surface area contributed by atoms with Crippen LogP contribution in [0.4, 0.5) is 0 Å². The van der Waals surface area contributed by atoms with E-state index in [1.807, 2.05) is 12.1 Å². The number of hydrogen-bond acceptors (Lipinski definition) is 2. The summed E-state index contributed by atoms with van der Waals surface area (Å²) in [6, 6.07) is 8.96. The minimum atomic E-state index is 0.699. The molecule has 1 aliphatic carbocycles. The molecule has 0 amide bonds. The number of rotatable bonds is 5. The van der Waals surface area contributed by atoms with Crippen LogP contribution in [0.15, 0.2) is 24.3 Å². The molecule has 2 atom stereocenters. The number of hydrogen-bond donors (Lipinski definition) is 1. The molecule has 1 fully saturated rings. The normalized spacial score (nSPS) is 23.9. The Morgan fingerprint density at radius 1 is 1.29 bits per heavy atom. The van der Waals surface area contributed by atoms with Gasteiger partial charge < -0.3 is 10.1 Å². The van der Waals surface area contributed by atoms with E-state index >= 15 is 0 Å². The van der Waals surface area contributed by atoms with Crippen molar-refractivity contribution in [3.05, 3.63) is 29.8 Å². The summed E-state index contributed by atoms with van der Waals surface area (Å²) >= 11 is 0. The molecule has 0 radical (unpaired) electrons. The zero-order valence-electron chi connectivity index (χ0n) is 10.9. The average molecular weight is 233 g/mol. The molecule has 1 aromatic carbocycles. The lowest BCUT2D eigenvalue weighted by molar-refractivity contribution is 0.404. The summed E-state index contributed by atoms with van der Waals surface area (Å²) in [6.07, 6.45) is 5.38. The summed E-state index contributed by atoms with van der Waals surface area (Å²) in [4.78, 5) is 0. The maximum Gasteiger partial charge on any atom is 0.123 e. The third-order valence-corrected chi connectivity index (χ3v) is 3.89. The lowest BCUT2D eigenvalue weighted by Gasteiger charge is -2.14. The molecule has 17 heavy (non-hydrogen) atoms. The van der Waals surface area contributed by atoms with E-state index in [0.29, 0.717) is 6.04 Å². The minimum absolute atomic E-state index is 0.699. The topological polar surface area (TPSA) is 21.3 Å². The first-order valence-electron chi connectivity index (χ1n) is 6.68. The molecule has 2 unspecified atom stereocenters. The Balaban J connectivity index is 1.85. The van der Waals surface area contributed by atoms with E-state index in [1.165, 1.54) is 31.2 Å². The molecule has 94 valence electrons. The SMILES string of the molecule is CCC1CCC(NCc2ccccc2OC)C1. The first-order chi connectivity index (χ1) is 8.33. The van der Waals surface area contributed by atoms with E-state index < -0.39 is 0 Å². The molecule has 1 aliphatic rings. The van der Waals surface area contributed by atoms with Gasteiger partial charge in [0.05, 0.1) is 7.11 Å². The second-order valence-electron chi connectivity index (χ2n) is 4.98. The van der Waals surface area contributed by atoms with Crippen molar-refractivity contribution in [1.82, 2.24) is 5.32 Å². The largest absolute Gasteiger partial charge is 0.496 e. The molecule has 2 rings (SSSR count). The summed E-state index contributed by atoms with van der Waals surface area (Å²) in [5.74, 6) is 1.93. The molecule has 1 N–H and O–H groups in total. The molecule has 0 saturated heterocycles. The summed E-state index contributed by atoms with van der Waals surface area (Å²) in [7, 11) is 1.74. The predicted molar refractivity (Wildman–Crippen MR) is 71.3 cm³/mol. The van der Waals surface area contributed by atoms with Crippen LogP contribution in [-0.2, 0) is 6.54 Å². The van der Waals surface area contributed by atoms with Gasteiger partial charge in [-0.05, 0) is 31.2 Å². The quantitative estimate of drug-likeness (QED) is 0.842. The number of nitrogens with one attached hydrogen (secondary N) is 1. The van der Waals surface area contributed by atoms with Crippen molar-refractivity contribution in [3.8, 4) is 5.75 Å². The Kier molecular flexibility index (Phi) is 4.43. The Morgan fingerprint density at radius 2 is 2.12 bits per heavy atom. The number of para-hydroxylation sites is 1. The summed E-state index contributed by atoms with van der Waals surface area (Å²) in [5.41, 5.74) is 1.26. The van der Waals surface area contributed by atoms with Gasteiger partial charge in [-0.15, -0.1) is 0 Å². The molecular weight excluding hydrogens is 210 g/mol. The van der Waals surface area contributed by atoms with Gasteiger partial charge in [0.1, 0.15) is 5.75 Å². The van der Waals surface area contributed by atoms with E-state index in [9.17, 15) is 0 Å². The van der Waals surface area contributed by atoms with E-state index in [1.54, 1.807) is 7.11 Å². The average Bonchev–Trinajstić information content (AvgIpc) is 2.84. The third-order valence-electron chi connectivity index (χ3n) is 3.89.